The van der Waals surface area contributed by atoms with Crippen molar-refractivity contribution in [2.45, 2.75) is 26.2 Å². The normalized spacial score (nSPS) is 19.0. The molecule has 132 valence electrons. The average Bonchev–Trinajstić information content (AvgIpc) is 2.72. The van der Waals surface area contributed by atoms with Crippen LogP contribution in [-0.2, 0) is 4.79 Å². The van der Waals surface area contributed by atoms with E-state index >= 15 is 0 Å². The highest BCUT2D eigenvalue weighted by molar-refractivity contribution is 6.12. The number of carbonyl (C=O) groups is 1. The molecule has 2 rings (SSSR count). The molecule has 1 heterocycles. The number of aliphatic imine (C=N–C) groups is 2. The Labute approximate surface area is 145 Å². The van der Waals surface area contributed by atoms with Crippen LogP contribution in [0.5, 0.6) is 0 Å². The van der Waals surface area contributed by atoms with Gasteiger partial charge in [-0.1, -0.05) is 6.08 Å². The van der Waals surface area contributed by atoms with E-state index in [-0.39, 0.29) is 17.7 Å². The Hall–Kier alpha value is -3.01. The van der Waals surface area contributed by atoms with Crippen molar-refractivity contribution in [2.75, 3.05) is 7.05 Å². The first-order valence-electron chi connectivity index (χ1n) is 7.52. The number of nitrogens with zero attached hydrogens (tertiary/aromatic N) is 2. The van der Waals surface area contributed by atoms with Gasteiger partial charge in [-0.05, 0) is 25.8 Å². The van der Waals surface area contributed by atoms with Gasteiger partial charge in [-0.2, -0.15) is 0 Å². The molecule has 7 heteroatoms. The predicted octanol–water partition coefficient (Wildman–Crippen LogP) is 2.84. The second kappa shape index (κ2) is 9.98. The molecule has 1 aliphatic carbocycles. The molecule has 0 radical (unpaired) electrons. The van der Waals surface area contributed by atoms with Crippen LogP contribution in [0, 0.1) is 12.3 Å². The summed E-state index contributed by atoms with van der Waals surface area (Å²) in [6.45, 7) is 1.65. The summed E-state index contributed by atoms with van der Waals surface area (Å²) >= 11 is 0. The van der Waals surface area contributed by atoms with E-state index in [0.29, 0.717) is 18.7 Å². The van der Waals surface area contributed by atoms with Crippen LogP contribution < -0.4 is 11.1 Å². The zero-order chi connectivity index (χ0) is 18.8. The first-order valence-corrected chi connectivity index (χ1v) is 7.52. The van der Waals surface area contributed by atoms with Gasteiger partial charge in [0, 0.05) is 25.2 Å². The van der Waals surface area contributed by atoms with E-state index in [9.17, 15) is 13.6 Å². The summed E-state index contributed by atoms with van der Waals surface area (Å²) in [7, 11) is 1.59. The smallest absolute Gasteiger partial charge is 0.196 e. The molecule has 0 atom stereocenters. The van der Waals surface area contributed by atoms with E-state index in [4.69, 9.17) is 5.73 Å². The number of amidine groups is 1. The molecular weight excluding hydrogens is 326 g/mol. The minimum absolute atomic E-state index is 0.145. The van der Waals surface area contributed by atoms with Crippen molar-refractivity contribution in [3.05, 3.63) is 46.8 Å². The molecule has 0 aromatic rings. The molecule has 2 aliphatic rings. The number of carbonyl (C=O) groups excluding carboxylic acids is 1. The minimum atomic E-state index is -1.02. The lowest BCUT2D eigenvalue weighted by Crippen LogP contribution is -2.25. The fraction of sp³-hybridized carbons (Fsp3) is 0.278. The van der Waals surface area contributed by atoms with Crippen LogP contribution in [0.2, 0.25) is 0 Å². The molecule has 0 amide bonds. The SMILES string of the molecule is C#CC.CN=CN=C1CCC(C(=O)C2=C(F)C(N)=CCC=C2F)=CN1. The van der Waals surface area contributed by atoms with Crippen molar-refractivity contribution in [2.24, 2.45) is 15.7 Å². The Morgan fingerprint density at radius 1 is 1.40 bits per heavy atom. The number of hydrogen-bond donors (Lipinski definition) is 2. The van der Waals surface area contributed by atoms with Gasteiger partial charge < -0.3 is 11.1 Å². The van der Waals surface area contributed by atoms with Gasteiger partial charge in [0.2, 0.25) is 0 Å². The first kappa shape index (κ1) is 20.0. The molecule has 0 spiro atoms. The molecule has 0 bridgehead atoms. The lowest BCUT2D eigenvalue weighted by Gasteiger charge is -2.16. The molecule has 0 saturated carbocycles. The van der Waals surface area contributed by atoms with Crippen molar-refractivity contribution in [1.82, 2.24) is 5.32 Å². The van der Waals surface area contributed by atoms with Crippen molar-refractivity contribution in [3.63, 3.8) is 0 Å². The Balaban J connectivity index is 0.000000970. The maximum Gasteiger partial charge on any atom is 0.196 e. The van der Waals surface area contributed by atoms with Crippen LogP contribution in [0.25, 0.3) is 0 Å². The van der Waals surface area contributed by atoms with Gasteiger partial charge in [0.1, 0.15) is 18.0 Å². The zero-order valence-electron chi connectivity index (χ0n) is 14.1. The van der Waals surface area contributed by atoms with E-state index in [1.165, 1.54) is 18.6 Å². The van der Waals surface area contributed by atoms with E-state index < -0.39 is 23.0 Å². The Morgan fingerprint density at radius 3 is 2.64 bits per heavy atom. The molecule has 1 aliphatic heterocycles. The van der Waals surface area contributed by atoms with Gasteiger partial charge in [-0.3, -0.25) is 9.79 Å². The van der Waals surface area contributed by atoms with Gasteiger partial charge >= 0.3 is 0 Å². The van der Waals surface area contributed by atoms with E-state index in [0.717, 1.165) is 6.08 Å². The third-order valence-corrected chi connectivity index (χ3v) is 3.24. The molecule has 0 unspecified atom stereocenters. The third-order valence-electron chi connectivity index (χ3n) is 3.24. The standard InChI is InChI=1S/C15H16F2N4O.C3H4/c1-19-8-21-12-6-5-9(7-20-12)15(22)13-10(16)3-2-4-11(18)14(13)17;1-3-2/h3-4,7-8H,2,5-6,18H2,1H3,(H,19,20,21);1H,2H3. The molecule has 0 saturated heterocycles. The summed E-state index contributed by atoms with van der Waals surface area (Å²) in [5.74, 6) is 0.264. The van der Waals surface area contributed by atoms with E-state index in [1.807, 2.05) is 0 Å². The maximum absolute atomic E-state index is 14.1. The average molecular weight is 346 g/mol. The molecular formula is C18H20F2N4O. The van der Waals surface area contributed by atoms with Gasteiger partial charge in [0.05, 0.1) is 11.3 Å². The highest BCUT2D eigenvalue weighted by Gasteiger charge is 2.27. The Bertz CT molecular complexity index is 750. The zero-order valence-corrected chi connectivity index (χ0v) is 14.1. The van der Waals surface area contributed by atoms with Crippen LogP contribution in [0.15, 0.2) is 56.8 Å². The highest BCUT2D eigenvalue weighted by atomic mass is 19.1. The summed E-state index contributed by atoms with van der Waals surface area (Å²) in [6.07, 6.45) is 10.8. The number of hydrogen-bond acceptors (Lipinski definition) is 3. The van der Waals surface area contributed by atoms with Crippen molar-refractivity contribution in [1.29, 1.82) is 0 Å². The second-order valence-corrected chi connectivity index (χ2v) is 5.02. The minimum Gasteiger partial charge on any atom is -0.397 e. The number of nitrogens with two attached hydrogens (primary N) is 1. The number of ketones is 1. The van der Waals surface area contributed by atoms with Crippen LogP contribution >= 0.6 is 0 Å². The monoisotopic (exact) mass is 346 g/mol. The lowest BCUT2D eigenvalue weighted by molar-refractivity contribution is -0.112. The number of halogens is 2. The molecule has 0 aromatic carbocycles. The fourth-order valence-electron chi connectivity index (χ4n) is 2.08. The molecule has 5 nitrogen and oxygen atoms in total. The molecule has 0 fully saturated rings. The van der Waals surface area contributed by atoms with E-state index in [1.54, 1.807) is 14.0 Å². The number of Topliss-reactive ketones (excluding diaryl/α,β-unsaturated/α-hetero) is 1. The summed E-state index contributed by atoms with van der Waals surface area (Å²) < 4.78 is 28.0. The molecule has 25 heavy (non-hydrogen) atoms. The number of rotatable bonds is 3. The van der Waals surface area contributed by atoms with Crippen LogP contribution in [0.4, 0.5) is 8.78 Å². The van der Waals surface area contributed by atoms with Gasteiger partial charge in [-0.15, -0.1) is 12.3 Å². The molecule has 3 N–H and O–H groups in total. The van der Waals surface area contributed by atoms with Crippen LogP contribution in [-0.4, -0.2) is 25.0 Å². The molecule has 0 aromatic heterocycles. The van der Waals surface area contributed by atoms with Gasteiger partial charge in [-0.25, -0.2) is 13.8 Å². The van der Waals surface area contributed by atoms with E-state index in [2.05, 4.69) is 27.6 Å². The number of terminal acetylenes is 1. The van der Waals surface area contributed by atoms with Crippen molar-refractivity contribution < 1.29 is 13.6 Å². The van der Waals surface area contributed by atoms with Gasteiger partial charge in [0.25, 0.3) is 0 Å². The first-order chi connectivity index (χ1) is 12.0. The second-order valence-electron chi connectivity index (χ2n) is 5.02. The highest BCUT2D eigenvalue weighted by Crippen LogP contribution is 2.29. The van der Waals surface area contributed by atoms with Crippen LogP contribution in [0.3, 0.4) is 0 Å². The maximum atomic E-state index is 14.1. The lowest BCUT2D eigenvalue weighted by atomic mass is 9.96. The fourth-order valence-corrected chi connectivity index (χ4v) is 2.08. The summed E-state index contributed by atoms with van der Waals surface area (Å²) in [5.41, 5.74) is 4.92. The topological polar surface area (TPSA) is 79.8 Å². The largest absolute Gasteiger partial charge is 0.397 e. The van der Waals surface area contributed by atoms with Crippen molar-refractivity contribution >= 4 is 18.0 Å². The Morgan fingerprint density at radius 2 is 2.08 bits per heavy atom. The Kier molecular flexibility index (Phi) is 8.00. The van der Waals surface area contributed by atoms with Gasteiger partial charge in [0.15, 0.2) is 11.6 Å². The predicted molar refractivity (Wildman–Crippen MR) is 96.0 cm³/mol. The number of nitrogens with one attached hydrogen (secondary N) is 1. The van der Waals surface area contributed by atoms with Crippen LogP contribution in [0.1, 0.15) is 26.2 Å². The third kappa shape index (κ3) is 5.53. The quantitative estimate of drug-likeness (QED) is 0.468. The van der Waals surface area contributed by atoms with Crippen molar-refractivity contribution in [3.8, 4) is 12.3 Å². The summed E-state index contributed by atoms with van der Waals surface area (Å²) in [6, 6.07) is 0. The number of allylic oxidation sites excluding steroid dienone is 6. The summed E-state index contributed by atoms with van der Waals surface area (Å²) in [5, 5.41) is 2.82. The summed E-state index contributed by atoms with van der Waals surface area (Å²) in [4.78, 5) is 20.1.